The molecule has 1 aromatic heterocycles. The molecule has 1 N–H and O–H groups in total. The van der Waals surface area contributed by atoms with Crippen molar-refractivity contribution >= 4 is 17.7 Å². The van der Waals surface area contributed by atoms with Gasteiger partial charge >= 0.3 is 0 Å². The molecular weight excluding hydrogens is 356 g/mol. The molecule has 2 aromatic rings. The third-order valence-electron chi connectivity index (χ3n) is 5.22. The highest BCUT2D eigenvalue weighted by Crippen LogP contribution is 2.26. The Kier molecular flexibility index (Phi) is 7.33. The first-order valence-corrected chi connectivity index (χ1v) is 11.1. The van der Waals surface area contributed by atoms with Gasteiger partial charge in [0.25, 0.3) is 0 Å². The summed E-state index contributed by atoms with van der Waals surface area (Å²) < 4.78 is 2.09. The van der Waals surface area contributed by atoms with E-state index in [2.05, 4.69) is 46.1 Å². The molecule has 1 saturated carbocycles. The predicted molar refractivity (Wildman–Crippen MR) is 111 cm³/mol. The molecule has 1 fully saturated rings. The fraction of sp³-hybridized carbons (Fsp3) is 0.571. The highest BCUT2D eigenvalue weighted by Gasteiger charge is 2.17. The molecule has 6 heteroatoms. The predicted octanol–water partition coefficient (Wildman–Crippen LogP) is 4.59. The van der Waals surface area contributed by atoms with E-state index in [1.807, 2.05) is 12.1 Å². The smallest absolute Gasteiger partial charge is 0.230 e. The van der Waals surface area contributed by atoms with Crippen LogP contribution in [0.1, 0.15) is 57.4 Å². The Hall–Kier alpha value is -1.82. The Balaban J connectivity index is 1.61. The number of nitrogens with one attached hydrogen (secondary N) is 1. The number of thioether (sulfide) groups is 1. The second-order valence-electron chi connectivity index (χ2n) is 7.26. The lowest BCUT2D eigenvalue weighted by Gasteiger charge is -2.20. The van der Waals surface area contributed by atoms with Crippen LogP contribution in [0.15, 0.2) is 29.4 Å². The van der Waals surface area contributed by atoms with E-state index in [-0.39, 0.29) is 5.91 Å². The van der Waals surface area contributed by atoms with Gasteiger partial charge in [-0.2, -0.15) is 0 Å². The van der Waals surface area contributed by atoms with Gasteiger partial charge in [-0.15, -0.1) is 10.2 Å². The summed E-state index contributed by atoms with van der Waals surface area (Å²) >= 11 is 1.48. The summed E-state index contributed by atoms with van der Waals surface area (Å²) in [5, 5.41) is 12.8. The van der Waals surface area contributed by atoms with Crippen molar-refractivity contribution in [3.05, 3.63) is 29.8 Å². The van der Waals surface area contributed by atoms with E-state index in [1.165, 1.54) is 49.4 Å². The van der Waals surface area contributed by atoms with Gasteiger partial charge in [0.2, 0.25) is 5.91 Å². The van der Waals surface area contributed by atoms with Gasteiger partial charge in [0.15, 0.2) is 11.0 Å². The van der Waals surface area contributed by atoms with Gasteiger partial charge in [-0.3, -0.25) is 4.79 Å². The summed E-state index contributed by atoms with van der Waals surface area (Å²) in [5.41, 5.74) is 2.27. The normalized spacial score (nSPS) is 15.9. The van der Waals surface area contributed by atoms with E-state index in [0.29, 0.717) is 11.8 Å². The van der Waals surface area contributed by atoms with Crippen molar-refractivity contribution in [2.24, 2.45) is 0 Å². The first-order valence-electron chi connectivity index (χ1n) is 10.1. The van der Waals surface area contributed by atoms with E-state index < -0.39 is 0 Å². The van der Waals surface area contributed by atoms with Crippen molar-refractivity contribution in [3.63, 3.8) is 0 Å². The molecule has 0 bridgehead atoms. The first-order chi connectivity index (χ1) is 13.2. The van der Waals surface area contributed by atoms with Crippen molar-refractivity contribution in [2.45, 2.75) is 76.5 Å². The Labute approximate surface area is 166 Å². The van der Waals surface area contributed by atoms with E-state index >= 15 is 0 Å². The van der Waals surface area contributed by atoms with Crippen LogP contribution in [0.5, 0.6) is 0 Å². The average Bonchev–Trinajstić information content (AvgIpc) is 3.05. The van der Waals surface area contributed by atoms with Crippen LogP contribution in [-0.4, -0.2) is 32.5 Å². The van der Waals surface area contributed by atoms with Crippen LogP contribution in [0.25, 0.3) is 11.4 Å². The third-order valence-corrected chi connectivity index (χ3v) is 6.19. The molecule has 0 radical (unpaired) electrons. The average molecular weight is 387 g/mol. The number of aryl methyl sites for hydroxylation is 1. The van der Waals surface area contributed by atoms with Crippen LogP contribution in [0.4, 0.5) is 0 Å². The topological polar surface area (TPSA) is 59.8 Å². The molecule has 1 aliphatic carbocycles. The molecule has 3 rings (SSSR count). The highest BCUT2D eigenvalue weighted by molar-refractivity contribution is 7.99. The molecule has 0 atom stereocenters. The number of amides is 1. The SMILES string of the molecule is CCn1c(SCC(=O)NC2CCCCCCC2)nnc1-c1ccccc1C. The number of rotatable bonds is 6. The lowest BCUT2D eigenvalue weighted by Crippen LogP contribution is -2.36. The van der Waals surface area contributed by atoms with Gasteiger partial charge < -0.3 is 9.88 Å². The zero-order valence-corrected chi connectivity index (χ0v) is 17.2. The maximum absolute atomic E-state index is 12.4. The second kappa shape index (κ2) is 9.93. The third kappa shape index (κ3) is 5.34. The summed E-state index contributed by atoms with van der Waals surface area (Å²) in [7, 11) is 0. The van der Waals surface area contributed by atoms with E-state index in [4.69, 9.17) is 0 Å². The number of hydrogen-bond acceptors (Lipinski definition) is 4. The molecule has 1 amide bonds. The van der Waals surface area contributed by atoms with Crippen molar-refractivity contribution in [1.82, 2.24) is 20.1 Å². The summed E-state index contributed by atoms with van der Waals surface area (Å²) in [6.07, 6.45) is 8.60. The van der Waals surface area contributed by atoms with Gasteiger partial charge in [-0.25, -0.2) is 0 Å². The van der Waals surface area contributed by atoms with Gasteiger partial charge in [0.1, 0.15) is 0 Å². The number of carbonyl (C=O) groups excluding carboxylic acids is 1. The van der Waals surface area contributed by atoms with Crippen LogP contribution in [0, 0.1) is 6.92 Å². The number of benzene rings is 1. The molecule has 0 saturated heterocycles. The first kappa shape index (κ1) is 19.9. The van der Waals surface area contributed by atoms with Gasteiger partial charge in [0.05, 0.1) is 5.75 Å². The van der Waals surface area contributed by atoms with E-state index in [0.717, 1.165) is 35.9 Å². The quantitative estimate of drug-likeness (QED) is 0.738. The van der Waals surface area contributed by atoms with E-state index in [9.17, 15) is 4.79 Å². The molecule has 0 unspecified atom stereocenters. The zero-order valence-electron chi connectivity index (χ0n) is 16.4. The Morgan fingerprint density at radius 1 is 1.15 bits per heavy atom. The summed E-state index contributed by atoms with van der Waals surface area (Å²) in [5.74, 6) is 1.37. The summed E-state index contributed by atoms with van der Waals surface area (Å²) in [6, 6.07) is 8.54. The highest BCUT2D eigenvalue weighted by atomic mass is 32.2. The van der Waals surface area contributed by atoms with Gasteiger partial charge in [0, 0.05) is 18.2 Å². The number of nitrogens with zero attached hydrogens (tertiary/aromatic N) is 3. The fourth-order valence-electron chi connectivity index (χ4n) is 3.70. The molecule has 1 aliphatic rings. The molecule has 146 valence electrons. The Morgan fingerprint density at radius 3 is 2.56 bits per heavy atom. The maximum Gasteiger partial charge on any atom is 0.230 e. The van der Waals surface area contributed by atoms with Crippen LogP contribution in [-0.2, 0) is 11.3 Å². The van der Waals surface area contributed by atoms with Crippen LogP contribution in [0.3, 0.4) is 0 Å². The standard InChI is InChI=1S/C21H30N4OS/c1-3-25-20(18-14-10-9-11-16(18)2)23-24-21(25)27-15-19(26)22-17-12-7-5-4-6-8-13-17/h9-11,14,17H,3-8,12-13,15H2,1-2H3,(H,22,26). The minimum absolute atomic E-state index is 0.105. The van der Waals surface area contributed by atoms with Crippen molar-refractivity contribution in [1.29, 1.82) is 0 Å². The van der Waals surface area contributed by atoms with Crippen LogP contribution in [0.2, 0.25) is 0 Å². The fourth-order valence-corrected chi connectivity index (χ4v) is 4.52. The molecule has 0 aliphatic heterocycles. The molecule has 5 nitrogen and oxygen atoms in total. The minimum Gasteiger partial charge on any atom is -0.353 e. The van der Waals surface area contributed by atoms with Crippen molar-refractivity contribution in [3.8, 4) is 11.4 Å². The number of carbonyl (C=O) groups is 1. The molecule has 1 heterocycles. The lowest BCUT2D eigenvalue weighted by molar-refractivity contribution is -0.119. The monoisotopic (exact) mass is 386 g/mol. The largest absolute Gasteiger partial charge is 0.353 e. The zero-order chi connectivity index (χ0) is 19.1. The Bertz CT molecular complexity index is 750. The molecule has 0 spiro atoms. The number of aromatic nitrogens is 3. The molecular formula is C21H30N4OS. The van der Waals surface area contributed by atoms with Crippen LogP contribution < -0.4 is 5.32 Å². The maximum atomic E-state index is 12.4. The van der Waals surface area contributed by atoms with Crippen LogP contribution >= 0.6 is 11.8 Å². The Morgan fingerprint density at radius 2 is 1.85 bits per heavy atom. The van der Waals surface area contributed by atoms with Gasteiger partial charge in [-0.05, 0) is 32.3 Å². The number of hydrogen-bond donors (Lipinski definition) is 1. The van der Waals surface area contributed by atoms with Crippen molar-refractivity contribution in [2.75, 3.05) is 5.75 Å². The summed E-state index contributed by atoms with van der Waals surface area (Å²) in [6.45, 7) is 4.95. The van der Waals surface area contributed by atoms with Crippen molar-refractivity contribution < 1.29 is 4.79 Å². The lowest BCUT2D eigenvalue weighted by atomic mass is 9.97. The molecule has 27 heavy (non-hydrogen) atoms. The summed E-state index contributed by atoms with van der Waals surface area (Å²) in [4.78, 5) is 12.4. The van der Waals surface area contributed by atoms with Gasteiger partial charge in [-0.1, -0.05) is 68.1 Å². The van der Waals surface area contributed by atoms with E-state index in [1.54, 1.807) is 0 Å². The minimum atomic E-state index is 0.105. The molecule has 1 aromatic carbocycles. The second-order valence-corrected chi connectivity index (χ2v) is 8.21.